The molecule has 0 spiro atoms. The molecule has 0 radical (unpaired) electrons. The first kappa shape index (κ1) is 27.0. The van der Waals surface area contributed by atoms with Crippen molar-refractivity contribution in [2.45, 2.75) is 44.8 Å². The zero-order valence-electron chi connectivity index (χ0n) is 19.8. The molecule has 192 valence electrons. The number of aliphatic hydroxyl groups is 1. The molecular formula is C26H29F3N4O3. The Morgan fingerprint density at radius 2 is 1.81 bits per heavy atom. The summed E-state index contributed by atoms with van der Waals surface area (Å²) in [5, 5.41) is 16.3. The number of anilines is 1. The summed E-state index contributed by atoms with van der Waals surface area (Å²) in [6.45, 7) is 2.44. The molecule has 3 rings (SSSR count). The summed E-state index contributed by atoms with van der Waals surface area (Å²) in [5.41, 5.74) is 8.59. The van der Waals surface area contributed by atoms with Gasteiger partial charge in [0.2, 0.25) is 5.91 Å². The third-order valence-corrected chi connectivity index (χ3v) is 5.37. The van der Waals surface area contributed by atoms with E-state index in [4.69, 9.17) is 5.73 Å². The van der Waals surface area contributed by atoms with Crippen LogP contribution in [0.5, 0.6) is 5.75 Å². The number of hydrogen-bond donors (Lipinski definition) is 4. The number of nitrogen functional groups attached to an aromatic ring is 1. The molecule has 7 nitrogen and oxygen atoms in total. The van der Waals surface area contributed by atoms with Crippen LogP contribution in [-0.2, 0) is 24.2 Å². The second-order valence-corrected chi connectivity index (χ2v) is 8.51. The van der Waals surface area contributed by atoms with E-state index in [9.17, 15) is 23.1 Å². The van der Waals surface area contributed by atoms with Crippen molar-refractivity contribution in [3.8, 4) is 5.75 Å². The maximum Gasteiger partial charge on any atom is 0.573 e. The minimum atomic E-state index is -4.77. The molecule has 0 saturated heterocycles. The molecule has 3 aromatic rings. The lowest BCUT2D eigenvalue weighted by molar-refractivity contribution is -0.274. The van der Waals surface area contributed by atoms with Crippen molar-refractivity contribution >= 4 is 11.7 Å². The molecule has 0 fully saturated rings. The number of nitrogens with two attached hydrogens (primary N) is 1. The van der Waals surface area contributed by atoms with E-state index in [-0.39, 0.29) is 30.7 Å². The van der Waals surface area contributed by atoms with Crippen molar-refractivity contribution in [2.24, 2.45) is 0 Å². The van der Waals surface area contributed by atoms with Crippen LogP contribution in [-0.4, -0.2) is 34.9 Å². The number of benzene rings is 2. The number of aliphatic hydroxyl groups excluding tert-OH is 1. The number of nitrogens with one attached hydrogen (secondary N) is 2. The Kier molecular flexibility index (Phi) is 9.26. The zero-order valence-corrected chi connectivity index (χ0v) is 19.8. The van der Waals surface area contributed by atoms with Crippen LogP contribution < -0.4 is 21.1 Å². The van der Waals surface area contributed by atoms with E-state index in [1.807, 2.05) is 31.2 Å². The van der Waals surface area contributed by atoms with Gasteiger partial charge >= 0.3 is 6.36 Å². The minimum absolute atomic E-state index is 0.0664. The standard InChI is InChI=1S/C26H29F3N4O3/c1-17(31-16-23(34)21-8-9-24(30)32-15-21)10-18-4-2-5-19(11-18)13-25(35)33-14-20-6-3-7-22(12-20)36-26(27,28)29/h2-9,11-12,15,17,23,31,34H,10,13-14,16H2,1H3,(H2,30,32)(H,33,35)/t17?,23-/m0/s1. The molecule has 10 heteroatoms. The van der Waals surface area contributed by atoms with Crippen molar-refractivity contribution in [1.29, 1.82) is 0 Å². The lowest BCUT2D eigenvalue weighted by atomic mass is 10.0. The SMILES string of the molecule is CC(Cc1cccc(CC(=O)NCc2cccc(OC(F)(F)F)c2)c1)NC[C@H](O)c1ccc(N)nc1. The molecule has 0 saturated carbocycles. The lowest BCUT2D eigenvalue weighted by Crippen LogP contribution is -2.32. The Balaban J connectivity index is 1.46. The van der Waals surface area contributed by atoms with Crippen molar-refractivity contribution in [1.82, 2.24) is 15.6 Å². The van der Waals surface area contributed by atoms with Gasteiger partial charge in [-0.05, 0) is 48.2 Å². The number of amides is 1. The number of nitrogens with zero attached hydrogens (tertiary/aromatic N) is 1. The first-order chi connectivity index (χ1) is 17.1. The summed E-state index contributed by atoms with van der Waals surface area (Å²) in [6.07, 6.45) is -3.11. The number of aromatic nitrogens is 1. The Hall–Kier alpha value is -3.63. The molecule has 2 atom stereocenters. The molecule has 0 bridgehead atoms. The fraction of sp³-hybridized carbons (Fsp3) is 0.308. The maximum atomic E-state index is 12.4. The number of hydrogen-bond acceptors (Lipinski definition) is 6. The Bertz CT molecular complexity index is 1140. The summed E-state index contributed by atoms with van der Waals surface area (Å²) in [6, 6.07) is 16.6. The Morgan fingerprint density at radius 1 is 1.08 bits per heavy atom. The monoisotopic (exact) mass is 502 g/mol. The highest BCUT2D eigenvalue weighted by molar-refractivity contribution is 5.78. The number of carbonyl (C=O) groups is 1. The van der Waals surface area contributed by atoms with E-state index in [0.717, 1.165) is 11.1 Å². The first-order valence-corrected chi connectivity index (χ1v) is 11.4. The number of halogens is 3. The van der Waals surface area contributed by atoms with Crippen molar-refractivity contribution in [3.63, 3.8) is 0 Å². The predicted molar refractivity (Wildman–Crippen MR) is 130 cm³/mol. The quantitative estimate of drug-likeness (QED) is 0.319. The molecule has 0 aliphatic carbocycles. The third-order valence-electron chi connectivity index (χ3n) is 5.37. The van der Waals surface area contributed by atoms with Crippen LogP contribution >= 0.6 is 0 Å². The smallest absolute Gasteiger partial charge is 0.406 e. The molecule has 1 amide bonds. The van der Waals surface area contributed by atoms with Crippen molar-refractivity contribution in [3.05, 3.63) is 89.1 Å². The van der Waals surface area contributed by atoms with E-state index >= 15 is 0 Å². The normalized spacial score (nSPS) is 13.1. The van der Waals surface area contributed by atoms with Crippen molar-refractivity contribution in [2.75, 3.05) is 12.3 Å². The Morgan fingerprint density at radius 3 is 2.53 bits per heavy atom. The zero-order chi connectivity index (χ0) is 26.1. The summed E-state index contributed by atoms with van der Waals surface area (Å²) >= 11 is 0. The van der Waals surface area contributed by atoms with Gasteiger partial charge in [-0.1, -0.05) is 42.5 Å². The maximum absolute atomic E-state index is 12.4. The van der Waals surface area contributed by atoms with Gasteiger partial charge in [-0.15, -0.1) is 13.2 Å². The molecule has 0 aliphatic heterocycles. The topological polar surface area (TPSA) is 110 Å². The van der Waals surface area contributed by atoms with Crippen LogP contribution in [0.4, 0.5) is 19.0 Å². The number of alkyl halides is 3. The average molecular weight is 503 g/mol. The summed E-state index contributed by atoms with van der Waals surface area (Å²) < 4.78 is 41.1. The molecule has 1 aromatic heterocycles. The van der Waals surface area contributed by atoms with Gasteiger partial charge in [0.15, 0.2) is 0 Å². The van der Waals surface area contributed by atoms with Gasteiger partial charge in [0, 0.05) is 30.9 Å². The molecule has 1 heterocycles. The molecule has 36 heavy (non-hydrogen) atoms. The van der Waals surface area contributed by atoms with Gasteiger partial charge < -0.3 is 26.2 Å². The number of rotatable bonds is 11. The third kappa shape index (κ3) is 9.20. The van der Waals surface area contributed by atoms with Gasteiger partial charge in [0.1, 0.15) is 11.6 Å². The van der Waals surface area contributed by atoms with E-state index in [1.54, 1.807) is 24.4 Å². The molecule has 1 unspecified atom stereocenters. The fourth-order valence-corrected chi connectivity index (χ4v) is 3.64. The van der Waals surface area contributed by atoms with Gasteiger partial charge in [-0.2, -0.15) is 0 Å². The molecular weight excluding hydrogens is 473 g/mol. The van der Waals surface area contributed by atoms with Crippen LogP contribution in [0.25, 0.3) is 0 Å². The molecule has 0 aliphatic rings. The largest absolute Gasteiger partial charge is 0.573 e. The molecule has 2 aromatic carbocycles. The number of pyridine rings is 1. The van der Waals surface area contributed by atoms with Crippen molar-refractivity contribution < 1.29 is 27.8 Å². The highest BCUT2D eigenvalue weighted by Crippen LogP contribution is 2.23. The van der Waals surface area contributed by atoms with Gasteiger partial charge in [0.05, 0.1) is 12.5 Å². The lowest BCUT2D eigenvalue weighted by Gasteiger charge is -2.18. The van der Waals surface area contributed by atoms with E-state index in [0.29, 0.717) is 29.9 Å². The van der Waals surface area contributed by atoms with Crippen LogP contribution in [0, 0.1) is 0 Å². The number of carbonyl (C=O) groups excluding carboxylic acids is 1. The van der Waals surface area contributed by atoms with Crippen LogP contribution in [0.2, 0.25) is 0 Å². The van der Waals surface area contributed by atoms with Gasteiger partial charge in [0.25, 0.3) is 0 Å². The van der Waals surface area contributed by atoms with E-state index in [2.05, 4.69) is 20.4 Å². The van der Waals surface area contributed by atoms with Crippen LogP contribution in [0.1, 0.15) is 35.3 Å². The minimum Gasteiger partial charge on any atom is -0.406 e. The fourth-order valence-electron chi connectivity index (χ4n) is 3.64. The van der Waals surface area contributed by atoms with Crippen LogP contribution in [0.15, 0.2) is 66.9 Å². The second kappa shape index (κ2) is 12.4. The highest BCUT2D eigenvalue weighted by Gasteiger charge is 2.31. The van der Waals surface area contributed by atoms with Crippen LogP contribution in [0.3, 0.4) is 0 Å². The second-order valence-electron chi connectivity index (χ2n) is 8.51. The van der Waals surface area contributed by atoms with Gasteiger partial charge in [-0.3, -0.25) is 4.79 Å². The van der Waals surface area contributed by atoms with Gasteiger partial charge in [-0.25, -0.2) is 4.98 Å². The summed E-state index contributed by atoms with van der Waals surface area (Å²) in [5.74, 6) is -0.186. The Labute approximate surface area is 207 Å². The summed E-state index contributed by atoms with van der Waals surface area (Å²) in [7, 11) is 0. The predicted octanol–water partition coefficient (Wildman–Crippen LogP) is 3.68. The summed E-state index contributed by atoms with van der Waals surface area (Å²) in [4.78, 5) is 16.4. The first-order valence-electron chi connectivity index (χ1n) is 11.4. The van der Waals surface area contributed by atoms with E-state index < -0.39 is 12.5 Å². The average Bonchev–Trinajstić information content (AvgIpc) is 2.81. The highest BCUT2D eigenvalue weighted by atomic mass is 19.4. The van der Waals surface area contributed by atoms with E-state index in [1.165, 1.54) is 18.2 Å². The molecule has 5 N–H and O–H groups in total. The number of ether oxygens (including phenoxy) is 1.